The number of nitrogens with zero attached hydrogens (tertiary/aromatic N) is 4. The van der Waals surface area contributed by atoms with E-state index in [0.29, 0.717) is 18.8 Å². The molecule has 1 N–H and O–H groups in total. The fourth-order valence-corrected chi connectivity index (χ4v) is 6.99. The summed E-state index contributed by atoms with van der Waals surface area (Å²) in [6, 6.07) is 14.1. The minimum Gasteiger partial charge on any atom is -0.359 e. The Morgan fingerprint density at radius 1 is 1.05 bits per heavy atom. The second-order valence-corrected chi connectivity index (χ2v) is 12.4. The molecule has 3 heterocycles. The molecular weight excluding hydrogens is 522 g/mol. The lowest BCUT2D eigenvalue weighted by atomic mass is 9.94. The topological polar surface area (TPSA) is 103 Å². The molecule has 3 aromatic rings. The fourth-order valence-electron chi connectivity index (χ4n) is 5.20. The third kappa shape index (κ3) is 5.25. The second-order valence-electron chi connectivity index (χ2n) is 9.86. The molecule has 200 valence electrons. The average Bonchev–Trinajstić information content (AvgIpc) is 3.41. The Labute approximate surface area is 227 Å². The summed E-state index contributed by atoms with van der Waals surface area (Å²) in [5, 5.41) is 1.98. The molecule has 5 rings (SSSR count). The highest BCUT2D eigenvalue weighted by Crippen LogP contribution is 2.32. The summed E-state index contributed by atoms with van der Waals surface area (Å²) < 4.78 is 27.7. The molecule has 2 aliphatic heterocycles. The zero-order chi connectivity index (χ0) is 26.9. The molecule has 1 fully saturated rings. The zero-order valence-electron chi connectivity index (χ0n) is 21.4. The van der Waals surface area contributed by atoms with Crippen LogP contribution in [0.5, 0.6) is 0 Å². The molecule has 1 atom stereocenters. The normalized spacial score (nSPS) is 16.9. The Hall–Kier alpha value is -3.44. The number of aryl methyl sites for hydroxylation is 1. The summed E-state index contributed by atoms with van der Waals surface area (Å²) >= 11 is 1.19. The predicted molar refractivity (Wildman–Crippen MR) is 149 cm³/mol. The van der Waals surface area contributed by atoms with Crippen LogP contribution in [0.15, 0.2) is 65.0 Å². The Bertz CT molecular complexity index is 1410. The van der Waals surface area contributed by atoms with Gasteiger partial charge in [0.25, 0.3) is 10.0 Å². The molecule has 0 unspecified atom stereocenters. The number of hydrogen-bond donors (Lipinski definition) is 1. The van der Waals surface area contributed by atoms with Gasteiger partial charge in [-0.2, -0.15) is 0 Å². The number of nitrogens with one attached hydrogen (secondary N) is 1. The second kappa shape index (κ2) is 10.7. The van der Waals surface area contributed by atoms with Gasteiger partial charge in [-0.25, -0.2) is 13.4 Å². The van der Waals surface area contributed by atoms with Crippen LogP contribution < -0.4 is 14.5 Å². The van der Waals surface area contributed by atoms with E-state index < -0.39 is 10.0 Å². The van der Waals surface area contributed by atoms with Crippen molar-refractivity contribution in [3.8, 4) is 0 Å². The van der Waals surface area contributed by atoms with Gasteiger partial charge >= 0.3 is 0 Å². The molecule has 2 amide bonds. The van der Waals surface area contributed by atoms with Crippen LogP contribution in [-0.2, 0) is 26.0 Å². The molecule has 1 saturated heterocycles. The van der Waals surface area contributed by atoms with Gasteiger partial charge < -0.3 is 14.7 Å². The molecule has 0 radical (unpaired) electrons. The van der Waals surface area contributed by atoms with Crippen molar-refractivity contribution in [3.63, 3.8) is 0 Å². The number of carbonyl (C=O) groups excluding carboxylic acids is 2. The number of piperazine rings is 1. The van der Waals surface area contributed by atoms with E-state index in [2.05, 4.69) is 40.6 Å². The third-order valence-corrected chi connectivity index (χ3v) is 9.18. The highest BCUT2D eigenvalue weighted by Gasteiger charge is 2.37. The maximum absolute atomic E-state index is 13.8. The van der Waals surface area contributed by atoms with Gasteiger partial charge in [0.15, 0.2) is 5.13 Å². The number of carbonyl (C=O) groups is 2. The molecule has 0 aliphatic carbocycles. The molecule has 38 heavy (non-hydrogen) atoms. The largest absolute Gasteiger partial charge is 0.359 e. The highest BCUT2D eigenvalue weighted by atomic mass is 32.2. The lowest BCUT2D eigenvalue weighted by Crippen LogP contribution is -2.59. The molecule has 0 saturated carbocycles. The van der Waals surface area contributed by atoms with Crippen LogP contribution in [0.25, 0.3) is 0 Å². The van der Waals surface area contributed by atoms with Gasteiger partial charge in [-0.3, -0.25) is 14.3 Å². The third-order valence-electron chi connectivity index (χ3n) is 7.01. The van der Waals surface area contributed by atoms with Gasteiger partial charge in [0.1, 0.15) is 12.6 Å². The SMILES string of the molecule is CC(C)[C@@H](C(=O)N1CCN(c2ccc(S(=O)(=O)Nc3nccs3)cc2)C(=O)C1)N1CCCc2ccccc21. The van der Waals surface area contributed by atoms with Crippen LogP contribution in [-0.4, -0.2) is 62.3 Å². The van der Waals surface area contributed by atoms with Crippen molar-refractivity contribution in [2.45, 2.75) is 37.6 Å². The number of hydrogen-bond acceptors (Lipinski definition) is 7. The number of anilines is 3. The Morgan fingerprint density at radius 3 is 2.50 bits per heavy atom. The lowest BCUT2D eigenvalue weighted by Gasteiger charge is -2.43. The quantitative estimate of drug-likeness (QED) is 0.480. The summed E-state index contributed by atoms with van der Waals surface area (Å²) in [5.41, 5.74) is 2.96. The minimum absolute atomic E-state index is 0.0107. The van der Waals surface area contributed by atoms with E-state index in [1.165, 1.54) is 35.2 Å². The van der Waals surface area contributed by atoms with Crippen LogP contribution in [0.2, 0.25) is 0 Å². The summed E-state index contributed by atoms with van der Waals surface area (Å²) in [7, 11) is -3.78. The van der Waals surface area contributed by atoms with Crippen molar-refractivity contribution in [1.29, 1.82) is 0 Å². The number of aromatic nitrogens is 1. The van der Waals surface area contributed by atoms with E-state index >= 15 is 0 Å². The number of benzene rings is 2. The van der Waals surface area contributed by atoms with Gasteiger partial charge in [0, 0.05) is 42.6 Å². The Morgan fingerprint density at radius 2 is 1.82 bits per heavy atom. The van der Waals surface area contributed by atoms with E-state index in [1.54, 1.807) is 27.3 Å². The Balaban J connectivity index is 1.27. The molecule has 1 aromatic heterocycles. The van der Waals surface area contributed by atoms with E-state index in [-0.39, 0.29) is 40.3 Å². The zero-order valence-corrected chi connectivity index (χ0v) is 23.0. The highest BCUT2D eigenvalue weighted by molar-refractivity contribution is 7.93. The molecule has 2 aliphatic rings. The predicted octanol–water partition coefficient (Wildman–Crippen LogP) is 3.60. The number of amides is 2. The van der Waals surface area contributed by atoms with Gasteiger partial charge in [-0.1, -0.05) is 32.0 Å². The monoisotopic (exact) mass is 553 g/mol. The van der Waals surface area contributed by atoms with E-state index in [4.69, 9.17) is 0 Å². The number of fused-ring (bicyclic) bond motifs is 1. The average molecular weight is 554 g/mol. The number of para-hydroxylation sites is 1. The van der Waals surface area contributed by atoms with Crippen LogP contribution in [0.1, 0.15) is 25.8 Å². The van der Waals surface area contributed by atoms with Gasteiger partial charge in [-0.15, -0.1) is 11.3 Å². The first-order valence-electron chi connectivity index (χ1n) is 12.7. The van der Waals surface area contributed by atoms with Gasteiger partial charge in [0.05, 0.1) is 4.90 Å². The van der Waals surface area contributed by atoms with Crippen molar-refractivity contribution >= 4 is 49.7 Å². The van der Waals surface area contributed by atoms with Crippen LogP contribution in [0, 0.1) is 5.92 Å². The van der Waals surface area contributed by atoms with Gasteiger partial charge in [-0.05, 0) is 54.7 Å². The first-order valence-corrected chi connectivity index (χ1v) is 15.1. The van der Waals surface area contributed by atoms with E-state index in [9.17, 15) is 18.0 Å². The van der Waals surface area contributed by atoms with E-state index in [0.717, 1.165) is 25.1 Å². The molecule has 0 spiro atoms. The smallest absolute Gasteiger partial charge is 0.263 e. The van der Waals surface area contributed by atoms with Crippen LogP contribution in [0.4, 0.5) is 16.5 Å². The number of rotatable bonds is 7. The molecule has 2 aromatic carbocycles. The molecule has 9 nitrogen and oxygen atoms in total. The lowest BCUT2D eigenvalue weighted by molar-refractivity contribution is -0.138. The van der Waals surface area contributed by atoms with Crippen LogP contribution in [0.3, 0.4) is 0 Å². The van der Waals surface area contributed by atoms with Gasteiger partial charge in [0.2, 0.25) is 11.8 Å². The van der Waals surface area contributed by atoms with E-state index in [1.807, 2.05) is 12.1 Å². The number of sulfonamides is 1. The first-order chi connectivity index (χ1) is 18.2. The minimum atomic E-state index is -3.78. The maximum Gasteiger partial charge on any atom is 0.263 e. The summed E-state index contributed by atoms with van der Waals surface area (Å²) in [6.07, 6.45) is 3.52. The molecule has 0 bridgehead atoms. The Kier molecular flexibility index (Phi) is 7.40. The summed E-state index contributed by atoms with van der Waals surface area (Å²) in [4.78, 5) is 36.4. The number of thiazole rings is 1. The summed E-state index contributed by atoms with van der Waals surface area (Å²) in [5.74, 6) is -0.142. The van der Waals surface area contributed by atoms with Crippen molar-refractivity contribution in [2.24, 2.45) is 5.92 Å². The van der Waals surface area contributed by atoms with Crippen molar-refractivity contribution in [2.75, 3.05) is 40.7 Å². The van der Waals surface area contributed by atoms with Crippen molar-refractivity contribution in [3.05, 3.63) is 65.7 Å². The molecular formula is C27H31N5O4S2. The fraction of sp³-hybridized carbons (Fsp3) is 0.370. The first kappa shape index (κ1) is 26.2. The van der Waals surface area contributed by atoms with Crippen molar-refractivity contribution < 1.29 is 18.0 Å². The van der Waals surface area contributed by atoms with Crippen LogP contribution >= 0.6 is 11.3 Å². The standard InChI is InChI=1S/C27H31N5O4S2/c1-19(2)25(32-14-5-7-20-6-3-4-8-23(20)32)26(34)30-15-16-31(24(33)18-30)21-9-11-22(12-10-21)38(35,36)29-27-28-13-17-37-27/h3-4,6,8-13,17,19,25H,5,7,14-16,18H2,1-2H3,(H,28,29)/t25-/m0/s1. The molecule has 11 heteroatoms. The summed E-state index contributed by atoms with van der Waals surface area (Å²) in [6.45, 7) is 5.66. The maximum atomic E-state index is 13.8. The van der Waals surface area contributed by atoms with Crippen molar-refractivity contribution in [1.82, 2.24) is 9.88 Å².